The number of rotatable bonds is 3. The lowest BCUT2D eigenvalue weighted by Crippen LogP contribution is -2.34. The highest BCUT2D eigenvalue weighted by molar-refractivity contribution is 5.84. The van der Waals surface area contributed by atoms with Crippen LogP contribution in [0.25, 0.3) is 0 Å². The summed E-state index contributed by atoms with van der Waals surface area (Å²) in [5.41, 5.74) is 3.27. The van der Waals surface area contributed by atoms with Gasteiger partial charge in [-0.05, 0) is 19.9 Å². The Labute approximate surface area is 102 Å². The van der Waals surface area contributed by atoms with Crippen molar-refractivity contribution in [3.63, 3.8) is 0 Å². The van der Waals surface area contributed by atoms with E-state index in [4.69, 9.17) is 5.21 Å². The van der Waals surface area contributed by atoms with Crippen LogP contribution in [0.5, 0.6) is 0 Å². The van der Waals surface area contributed by atoms with Crippen molar-refractivity contribution < 1.29 is 5.21 Å². The molecule has 2 heterocycles. The number of hydrogen-bond donors (Lipinski definition) is 1. The number of hydrogen-bond acceptors (Lipinski definition) is 4. The van der Waals surface area contributed by atoms with E-state index in [9.17, 15) is 0 Å². The molecule has 2 rings (SSSR count). The van der Waals surface area contributed by atoms with Gasteiger partial charge in [0.25, 0.3) is 0 Å². The van der Waals surface area contributed by atoms with Gasteiger partial charge in [0.15, 0.2) is 0 Å². The van der Waals surface area contributed by atoms with Gasteiger partial charge in [-0.2, -0.15) is 5.10 Å². The Hall–Kier alpha value is -1.36. The third-order valence-corrected chi connectivity index (χ3v) is 3.25. The minimum absolute atomic E-state index is 0.871. The van der Waals surface area contributed by atoms with Crippen LogP contribution in [0.1, 0.15) is 31.2 Å². The summed E-state index contributed by atoms with van der Waals surface area (Å²) in [5, 5.41) is 16.5. The zero-order valence-electron chi connectivity index (χ0n) is 10.6. The van der Waals surface area contributed by atoms with Crippen molar-refractivity contribution in [3.8, 4) is 0 Å². The Morgan fingerprint density at radius 1 is 1.41 bits per heavy atom. The van der Waals surface area contributed by atoms with E-state index >= 15 is 0 Å². The van der Waals surface area contributed by atoms with Gasteiger partial charge in [0.1, 0.15) is 0 Å². The molecule has 1 aliphatic heterocycles. The summed E-state index contributed by atoms with van der Waals surface area (Å²) in [4.78, 5) is 2.39. The first-order chi connectivity index (χ1) is 8.22. The van der Waals surface area contributed by atoms with Crippen molar-refractivity contribution in [1.82, 2.24) is 14.7 Å². The monoisotopic (exact) mass is 236 g/mol. The van der Waals surface area contributed by atoms with E-state index in [2.05, 4.69) is 32.8 Å². The molecule has 0 atom stereocenters. The van der Waals surface area contributed by atoms with Crippen LogP contribution < -0.4 is 0 Å². The molecule has 5 nitrogen and oxygen atoms in total. The van der Waals surface area contributed by atoms with Crippen LogP contribution in [-0.4, -0.2) is 38.7 Å². The quantitative estimate of drug-likeness (QED) is 0.641. The summed E-state index contributed by atoms with van der Waals surface area (Å²) >= 11 is 0. The molecular weight excluding hydrogens is 216 g/mol. The molecule has 0 aliphatic carbocycles. The Bertz CT molecular complexity index is 401. The van der Waals surface area contributed by atoms with Crippen molar-refractivity contribution in [2.24, 2.45) is 5.16 Å². The zero-order valence-corrected chi connectivity index (χ0v) is 10.6. The van der Waals surface area contributed by atoms with E-state index in [1.807, 2.05) is 6.92 Å². The number of aryl methyl sites for hydroxylation is 2. The minimum Gasteiger partial charge on any atom is -0.411 e. The first-order valence-corrected chi connectivity index (χ1v) is 6.18. The number of aromatic nitrogens is 2. The molecule has 1 saturated heterocycles. The summed E-state index contributed by atoms with van der Waals surface area (Å²) in [6.45, 7) is 7.93. The molecule has 1 fully saturated rings. The summed E-state index contributed by atoms with van der Waals surface area (Å²) in [6.07, 6.45) is 1.74. The lowest BCUT2D eigenvalue weighted by Gasteiger charge is -2.26. The normalized spacial score (nSPS) is 17.4. The van der Waals surface area contributed by atoms with Crippen LogP contribution in [0.4, 0.5) is 0 Å². The maximum atomic E-state index is 8.71. The molecule has 1 aliphatic rings. The summed E-state index contributed by atoms with van der Waals surface area (Å²) < 4.78 is 2.06. The Kier molecular flexibility index (Phi) is 3.78. The third kappa shape index (κ3) is 2.85. The summed E-state index contributed by atoms with van der Waals surface area (Å²) in [6, 6.07) is 2.15. The van der Waals surface area contributed by atoms with E-state index in [1.54, 1.807) is 0 Å². The van der Waals surface area contributed by atoms with Gasteiger partial charge in [-0.25, -0.2) is 0 Å². The molecule has 0 bridgehead atoms. The number of nitrogens with zero attached hydrogens (tertiary/aromatic N) is 4. The fourth-order valence-corrected chi connectivity index (χ4v) is 2.30. The molecular formula is C12H20N4O. The molecule has 0 saturated carbocycles. The first kappa shape index (κ1) is 12.1. The van der Waals surface area contributed by atoms with Crippen LogP contribution in [0, 0.1) is 6.92 Å². The maximum Gasteiger partial charge on any atom is 0.0597 e. The summed E-state index contributed by atoms with van der Waals surface area (Å²) in [5.74, 6) is 0. The van der Waals surface area contributed by atoms with Gasteiger partial charge < -0.3 is 5.21 Å². The molecule has 0 spiro atoms. The molecule has 0 amide bonds. The molecule has 0 aromatic carbocycles. The molecule has 1 aromatic heterocycles. The third-order valence-electron chi connectivity index (χ3n) is 3.25. The van der Waals surface area contributed by atoms with Crippen LogP contribution in [0.15, 0.2) is 11.2 Å². The van der Waals surface area contributed by atoms with E-state index in [0.29, 0.717) is 0 Å². The maximum absolute atomic E-state index is 8.71. The average Bonchev–Trinajstić information content (AvgIpc) is 2.70. The lowest BCUT2D eigenvalue weighted by molar-refractivity contribution is 0.249. The lowest BCUT2D eigenvalue weighted by atomic mass is 10.1. The topological polar surface area (TPSA) is 53.7 Å². The fourth-order valence-electron chi connectivity index (χ4n) is 2.30. The highest BCUT2D eigenvalue weighted by atomic mass is 16.4. The van der Waals surface area contributed by atoms with E-state index in [1.165, 1.54) is 5.69 Å². The highest BCUT2D eigenvalue weighted by Crippen LogP contribution is 2.13. The second-order valence-corrected chi connectivity index (χ2v) is 4.54. The van der Waals surface area contributed by atoms with Gasteiger partial charge in [-0.3, -0.25) is 9.58 Å². The van der Waals surface area contributed by atoms with Gasteiger partial charge in [0.05, 0.1) is 17.1 Å². The highest BCUT2D eigenvalue weighted by Gasteiger charge is 2.17. The average molecular weight is 236 g/mol. The smallest absolute Gasteiger partial charge is 0.0597 e. The standard InChI is InChI=1S/C12H20N4O/c1-3-16-12(8-10(2)13-16)9-15-6-4-11(14-17)5-7-15/h8,17H,3-7,9H2,1-2H3. The van der Waals surface area contributed by atoms with Crippen molar-refractivity contribution in [2.75, 3.05) is 13.1 Å². The molecule has 94 valence electrons. The molecule has 0 unspecified atom stereocenters. The second-order valence-electron chi connectivity index (χ2n) is 4.54. The number of piperidine rings is 1. The van der Waals surface area contributed by atoms with Gasteiger partial charge in [-0.15, -0.1) is 0 Å². The van der Waals surface area contributed by atoms with Crippen LogP contribution >= 0.6 is 0 Å². The number of likely N-dealkylation sites (tertiary alicyclic amines) is 1. The number of oxime groups is 1. The van der Waals surface area contributed by atoms with Crippen LogP contribution in [0.3, 0.4) is 0 Å². The van der Waals surface area contributed by atoms with Gasteiger partial charge >= 0.3 is 0 Å². The minimum atomic E-state index is 0.871. The van der Waals surface area contributed by atoms with Gasteiger partial charge in [0.2, 0.25) is 0 Å². The van der Waals surface area contributed by atoms with Crippen molar-refractivity contribution in [1.29, 1.82) is 0 Å². The molecule has 17 heavy (non-hydrogen) atoms. The van der Waals surface area contributed by atoms with E-state index in [-0.39, 0.29) is 0 Å². The molecule has 1 aromatic rings. The van der Waals surface area contributed by atoms with Gasteiger partial charge in [0, 0.05) is 39.0 Å². The summed E-state index contributed by atoms with van der Waals surface area (Å²) in [7, 11) is 0. The van der Waals surface area contributed by atoms with Crippen LogP contribution in [-0.2, 0) is 13.1 Å². The largest absolute Gasteiger partial charge is 0.411 e. The second kappa shape index (κ2) is 5.31. The van der Waals surface area contributed by atoms with Crippen LogP contribution in [0.2, 0.25) is 0 Å². The van der Waals surface area contributed by atoms with Crippen molar-refractivity contribution in [3.05, 3.63) is 17.5 Å². The predicted molar refractivity (Wildman–Crippen MR) is 66.4 cm³/mol. The molecule has 0 radical (unpaired) electrons. The predicted octanol–water partition coefficient (Wildman–Crippen LogP) is 1.64. The SMILES string of the molecule is CCn1nc(C)cc1CN1CCC(=NO)CC1. The molecule has 1 N–H and O–H groups in total. The molecule has 5 heteroatoms. The van der Waals surface area contributed by atoms with Gasteiger partial charge in [-0.1, -0.05) is 5.16 Å². The zero-order chi connectivity index (χ0) is 12.3. The first-order valence-electron chi connectivity index (χ1n) is 6.18. The van der Waals surface area contributed by atoms with E-state index in [0.717, 1.165) is 50.4 Å². The Morgan fingerprint density at radius 3 is 2.71 bits per heavy atom. The van der Waals surface area contributed by atoms with Crippen molar-refractivity contribution in [2.45, 2.75) is 39.8 Å². The Morgan fingerprint density at radius 2 is 2.12 bits per heavy atom. The van der Waals surface area contributed by atoms with Crippen molar-refractivity contribution >= 4 is 5.71 Å². The van der Waals surface area contributed by atoms with E-state index < -0.39 is 0 Å². The fraction of sp³-hybridized carbons (Fsp3) is 0.667. The Balaban J connectivity index is 1.97.